The number of nitrogens with zero attached hydrogens (tertiary/aromatic N) is 1. The van der Waals surface area contributed by atoms with Gasteiger partial charge in [0.05, 0.1) is 0 Å². The van der Waals surface area contributed by atoms with E-state index in [1.165, 1.54) is 16.7 Å². The number of amides is 1. The highest BCUT2D eigenvalue weighted by Crippen LogP contribution is 2.28. The number of carbonyl (C=O) groups is 1. The van der Waals surface area contributed by atoms with E-state index < -0.39 is 6.09 Å². The summed E-state index contributed by atoms with van der Waals surface area (Å²) in [7, 11) is 0. The maximum Gasteiger partial charge on any atom is 0.427 e. The maximum absolute atomic E-state index is 12.2. The van der Waals surface area contributed by atoms with Gasteiger partial charge in [-0.15, -0.1) is 0 Å². The number of ether oxygens (including phenoxy) is 1. The Morgan fingerprint density at radius 1 is 1.12 bits per heavy atom. The molecule has 1 N–H and O–H groups in total. The average Bonchev–Trinajstić information content (AvgIpc) is 2.62. The summed E-state index contributed by atoms with van der Waals surface area (Å²) in [6, 6.07) is 16.1. The fourth-order valence-corrected chi connectivity index (χ4v) is 3.03. The van der Waals surface area contributed by atoms with Crippen LogP contribution in [0.4, 0.5) is 4.79 Å². The fourth-order valence-electron chi connectivity index (χ4n) is 3.03. The lowest BCUT2D eigenvalue weighted by Gasteiger charge is -2.28. The summed E-state index contributed by atoms with van der Waals surface area (Å²) in [6.07, 6.45) is 1.54. The van der Waals surface area contributed by atoms with Gasteiger partial charge in [-0.25, -0.2) is 9.80 Å². The van der Waals surface area contributed by atoms with Crippen molar-refractivity contribution >= 4 is 6.09 Å². The van der Waals surface area contributed by atoms with Gasteiger partial charge < -0.3 is 4.74 Å². The minimum absolute atomic E-state index is 0.127. The molecule has 4 heteroatoms. The highest BCUT2D eigenvalue weighted by atomic mass is 16.6. The summed E-state index contributed by atoms with van der Waals surface area (Å²) in [5.74, 6) is 0.561. The van der Waals surface area contributed by atoms with Gasteiger partial charge in [-0.1, -0.05) is 57.2 Å². The molecule has 132 valence electrons. The smallest absolute Gasteiger partial charge is 0.409 e. The van der Waals surface area contributed by atoms with Crippen LogP contribution in [0.3, 0.4) is 0 Å². The second-order valence-corrected chi connectivity index (χ2v) is 7.20. The first-order valence-electron chi connectivity index (χ1n) is 8.88. The van der Waals surface area contributed by atoms with Gasteiger partial charge in [0.15, 0.2) is 0 Å². The number of carbonyl (C=O) groups excluding carboxylic acids is 1. The molecule has 0 saturated carbocycles. The Hall–Kier alpha value is -2.33. The summed E-state index contributed by atoms with van der Waals surface area (Å²) in [5, 5.41) is 1.90. The molecular formula is C21H26N2O2. The van der Waals surface area contributed by atoms with E-state index in [1.807, 2.05) is 35.3 Å². The van der Waals surface area contributed by atoms with Crippen LogP contribution in [0.5, 0.6) is 5.75 Å². The van der Waals surface area contributed by atoms with Gasteiger partial charge in [0, 0.05) is 13.1 Å². The van der Waals surface area contributed by atoms with Crippen molar-refractivity contribution < 1.29 is 9.53 Å². The molecule has 4 nitrogen and oxygen atoms in total. The average molecular weight is 338 g/mol. The first kappa shape index (κ1) is 17.5. The van der Waals surface area contributed by atoms with Crippen LogP contribution in [0.25, 0.3) is 0 Å². The van der Waals surface area contributed by atoms with Crippen LogP contribution in [-0.2, 0) is 18.4 Å². The summed E-state index contributed by atoms with van der Waals surface area (Å²) in [4.78, 5) is 12.2. The molecule has 1 aliphatic rings. The van der Waals surface area contributed by atoms with Crippen molar-refractivity contribution in [2.75, 3.05) is 6.54 Å². The molecule has 0 bridgehead atoms. The van der Waals surface area contributed by atoms with E-state index in [0.717, 1.165) is 19.4 Å². The molecule has 2 aromatic carbocycles. The van der Waals surface area contributed by atoms with Gasteiger partial charge in [-0.3, -0.25) is 5.43 Å². The first-order chi connectivity index (χ1) is 12.0. The van der Waals surface area contributed by atoms with Crippen LogP contribution in [0.15, 0.2) is 48.5 Å². The quantitative estimate of drug-likeness (QED) is 0.896. The van der Waals surface area contributed by atoms with E-state index in [2.05, 4.69) is 44.4 Å². The third-order valence-corrected chi connectivity index (χ3v) is 5.11. The Morgan fingerprint density at radius 3 is 2.48 bits per heavy atom. The van der Waals surface area contributed by atoms with E-state index in [-0.39, 0.29) is 5.41 Å². The van der Waals surface area contributed by atoms with Crippen LogP contribution in [-0.4, -0.2) is 17.6 Å². The lowest BCUT2D eigenvalue weighted by molar-refractivity contribution is 0.135. The lowest BCUT2D eigenvalue weighted by Crippen LogP contribution is -2.46. The van der Waals surface area contributed by atoms with E-state index in [9.17, 15) is 4.79 Å². The van der Waals surface area contributed by atoms with Crippen LogP contribution >= 0.6 is 0 Å². The van der Waals surface area contributed by atoms with Crippen LogP contribution in [0, 0.1) is 0 Å². The number of benzene rings is 2. The number of hydrazine groups is 1. The molecular weight excluding hydrogens is 312 g/mol. The normalized spacial score (nSPS) is 14.7. The Balaban J connectivity index is 1.56. The molecule has 0 aliphatic carbocycles. The Bertz CT molecular complexity index is 738. The molecule has 0 aromatic heterocycles. The molecule has 0 radical (unpaired) electrons. The number of rotatable bonds is 4. The Labute approximate surface area is 149 Å². The zero-order chi connectivity index (χ0) is 17.9. The van der Waals surface area contributed by atoms with Gasteiger partial charge in [0.1, 0.15) is 5.75 Å². The van der Waals surface area contributed by atoms with Crippen molar-refractivity contribution in [3.05, 3.63) is 65.2 Å². The molecule has 0 saturated heterocycles. The van der Waals surface area contributed by atoms with Gasteiger partial charge in [0.2, 0.25) is 0 Å². The second-order valence-electron chi connectivity index (χ2n) is 7.20. The summed E-state index contributed by atoms with van der Waals surface area (Å²) >= 11 is 0. The van der Waals surface area contributed by atoms with Crippen molar-refractivity contribution in [2.45, 2.75) is 45.6 Å². The van der Waals surface area contributed by atoms with Gasteiger partial charge >= 0.3 is 6.09 Å². The van der Waals surface area contributed by atoms with E-state index in [1.54, 1.807) is 0 Å². The predicted molar refractivity (Wildman–Crippen MR) is 99.5 cm³/mol. The van der Waals surface area contributed by atoms with Crippen molar-refractivity contribution in [2.24, 2.45) is 0 Å². The number of hydrogen-bond donors (Lipinski definition) is 1. The molecule has 1 amide bonds. The minimum Gasteiger partial charge on any atom is -0.409 e. The third kappa shape index (κ3) is 4.20. The molecule has 2 aromatic rings. The highest BCUT2D eigenvalue weighted by molar-refractivity contribution is 5.69. The number of hydrogen-bond acceptors (Lipinski definition) is 3. The largest absolute Gasteiger partial charge is 0.427 e. The van der Waals surface area contributed by atoms with Gasteiger partial charge in [-0.2, -0.15) is 0 Å². The topological polar surface area (TPSA) is 41.6 Å². The molecule has 0 fully saturated rings. The summed E-state index contributed by atoms with van der Waals surface area (Å²) in [6.45, 7) is 8.09. The van der Waals surface area contributed by atoms with Crippen molar-refractivity contribution in [1.29, 1.82) is 0 Å². The summed E-state index contributed by atoms with van der Waals surface area (Å²) < 4.78 is 5.41. The molecule has 1 aliphatic heterocycles. The van der Waals surface area contributed by atoms with Crippen molar-refractivity contribution in [1.82, 2.24) is 10.4 Å². The van der Waals surface area contributed by atoms with Gasteiger partial charge in [0.25, 0.3) is 0 Å². The SMILES string of the molecule is CCC(C)(C)c1ccc(OC(=O)NN2CCc3ccccc3C2)cc1. The highest BCUT2D eigenvalue weighted by Gasteiger charge is 2.19. The Kier molecular flexibility index (Phi) is 5.09. The zero-order valence-corrected chi connectivity index (χ0v) is 15.2. The van der Waals surface area contributed by atoms with Crippen molar-refractivity contribution in [3.8, 4) is 5.75 Å². The molecule has 25 heavy (non-hydrogen) atoms. The maximum atomic E-state index is 12.2. The van der Waals surface area contributed by atoms with Crippen LogP contribution < -0.4 is 10.2 Å². The monoisotopic (exact) mass is 338 g/mol. The van der Waals surface area contributed by atoms with Crippen LogP contribution in [0.2, 0.25) is 0 Å². The second kappa shape index (κ2) is 7.28. The molecule has 0 unspecified atom stereocenters. The number of fused-ring (bicyclic) bond motifs is 1. The zero-order valence-electron chi connectivity index (χ0n) is 15.2. The standard InChI is InChI=1S/C21H26N2O2/c1-4-21(2,3)18-9-11-19(12-10-18)25-20(24)22-23-14-13-16-7-5-6-8-17(16)15-23/h5-12H,4,13-15H2,1-3H3,(H,22,24). The third-order valence-electron chi connectivity index (χ3n) is 5.11. The first-order valence-corrected chi connectivity index (χ1v) is 8.88. The molecule has 0 atom stereocenters. The minimum atomic E-state index is -0.443. The fraction of sp³-hybridized carbons (Fsp3) is 0.381. The predicted octanol–water partition coefficient (Wildman–Crippen LogP) is 4.44. The van der Waals surface area contributed by atoms with Gasteiger partial charge in [-0.05, 0) is 47.1 Å². The van der Waals surface area contributed by atoms with Crippen LogP contribution in [0.1, 0.15) is 43.9 Å². The van der Waals surface area contributed by atoms with E-state index >= 15 is 0 Å². The van der Waals surface area contributed by atoms with Crippen molar-refractivity contribution in [3.63, 3.8) is 0 Å². The Morgan fingerprint density at radius 2 is 1.80 bits per heavy atom. The lowest BCUT2D eigenvalue weighted by atomic mass is 9.82. The summed E-state index contributed by atoms with van der Waals surface area (Å²) in [5.41, 5.74) is 6.81. The molecule has 0 spiro atoms. The molecule has 3 rings (SSSR count). The number of nitrogens with one attached hydrogen (secondary N) is 1. The van der Waals surface area contributed by atoms with E-state index in [0.29, 0.717) is 12.3 Å². The van der Waals surface area contributed by atoms with E-state index in [4.69, 9.17) is 4.74 Å². The molecule has 1 heterocycles.